The Hall–Kier alpha value is -2.86. The standard InChI is InChI=1S/C22H26N4O2/c1-24-13-15-25(16-14-24)19-10-6-18(7-11-19)23-22(28)17-4-8-20(9-5-17)26-12-2-3-21(26)27/h4-11H,2-3,12-16H2,1H3,(H,23,28). The summed E-state index contributed by atoms with van der Waals surface area (Å²) in [5.41, 5.74) is 3.40. The Kier molecular flexibility index (Phi) is 5.30. The van der Waals surface area contributed by atoms with Crippen LogP contribution in [0, 0.1) is 0 Å². The fraction of sp³-hybridized carbons (Fsp3) is 0.364. The van der Waals surface area contributed by atoms with Gasteiger partial charge in [0.1, 0.15) is 0 Å². The molecule has 2 fully saturated rings. The normalized spacial score (nSPS) is 17.8. The number of benzene rings is 2. The first-order chi connectivity index (χ1) is 13.6. The number of rotatable bonds is 4. The number of nitrogens with one attached hydrogen (secondary N) is 1. The van der Waals surface area contributed by atoms with Crippen molar-refractivity contribution in [1.82, 2.24) is 4.90 Å². The van der Waals surface area contributed by atoms with Gasteiger partial charge in [0.25, 0.3) is 5.91 Å². The third-order valence-corrected chi connectivity index (χ3v) is 5.51. The molecule has 6 heteroatoms. The van der Waals surface area contributed by atoms with Gasteiger partial charge in [-0.15, -0.1) is 0 Å². The first-order valence-corrected chi connectivity index (χ1v) is 9.85. The van der Waals surface area contributed by atoms with E-state index >= 15 is 0 Å². The maximum absolute atomic E-state index is 12.5. The summed E-state index contributed by atoms with van der Waals surface area (Å²) in [6.45, 7) is 4.93. The lowest BCUT2D eigenvalue weighted by Gasteiger charge is -2.34. The van der Waals surface area contributed by atoms with Gasteiger partial charge in [0.15, 0.2) is 0 Å². The smallest absolute Gasteiger partial charge is 0.255 e. The lowest BCUT2D eigenvalue weighted by molar-refractivity contribution is -0.117. The zero-order valence-corrected chi connectivity index (χ0v) is 16.2. The van der Waals surface area contributed by atoms with Crippen molar-refractivity contribution in [2.45, 2.75) is 12.8 Å². The van der Waals surface area contributed by atoms with Gasteiger partial charge in [0.2, 0.25) is 5.91 Å². The summed E-state index contributed by atoms with van der Waals surface area (Å²) in [5.74, 6) is 0.00397. The molecule has 2 heterocycles. The molecule has 4 rings (SSSR count). The quantitative estimate of drug-likeness (QED) is 0.889. The Balaban J connectivity index is 1.37. The molecule has 0 atom stereocenters. The van der Waals surface area contributed by atoms with E-state index in [1.165, 1.54) is 5.69 Å². The van der Waals surface area contributed by atoms with Crippen molar-refractivity contribution < 1.29 is 9.59 Å². The van der Waals surface area contributed by atoms with Crippen molar-refractivity contribution in [3.05, 3.63) is 54.1 Å². The van der Waals surface area contributed by atoms with Crippen molar-refractivity contribution >= 4 is 28.9 Å². The lowest BCUT2D eigenvalue weighted by atomic mass is 10.1. The molecule has 0 unspecified atom stereocenters. The number of likely N-dealkylation sites (N-methyl/N-ethyl adjacent to an activating group) is 1. The molecule has 28 heavy (non-hydrogen) atoms. The van der Waals surface area contributed by atoms with Crippen LogP contribution in [0.1, 0.15) is 23.2 Å². The summed E-state index contributed by atoms with van der Waals surface area (Å²) in [4.78, 5) is 30.8. The molecule has 0 bridgehead atoms. The van der Waals surface area contributed by atoms with E-state index in [1.807, 2.05) is 24.3 Å². The van der Waals surface area contributed by atoms with E-state index in [2.05, 4.69) is 34.3 Å². The van der Waals surface area contributed by atoms with Crippen LogP contribution in [0.4, 0.5) is 17.1 Å². The Labute approximate surface area is 165 Å². The molecule has 2 aromatic rings. The summed E-state index contributed by atoms with van der Waals surface area (Å²) < 4.78 is 0. The zero-order chi connectivity index (χ0) is 19.5. The molecule has 2 aromatic carbocycles. The van der Waals surface area contributed by atoms with Gasteiger partial charge in [0, 0.05) is 61.8 Å². The van der Waals surface area contributed by atoms with Crippen molar-refractivity contribution in [3.8, 4) is 0 Å². The van der Waals surface area contributed by atoms with E-state index in [9.17, 15) is 9.59 Å². The van der Waals surface area contributed by atoms with Crippen LogP contribution >= 0.6 is 0 Å². The molecule has 0 aromatic heterocycles. The fourth-order valence-corrected chi connectivity index (χ4v) is 3.74. The Morgan fingerprint density at radius 1 is 0.857 bits per heavy atom. The Bertz CT molecular complexity index is 840. The van der Waals surface area contributed by atoms with Crippen LogP contribution in [-0.2, 0) is 4.79 Å². The maximum Gasteiger partial charge on any atom is 0.255 e. The first-order valence-electron chi connectivity index (χ1n) is 9.85. The fourth-order valence-electron chi connectivity index (χ4n) is 3.74. The molecule has 2 aliphatic rings. The molecule has 2 aliphatic heterocycles. The van der Waals surface area contributed by atoms with Crippen LogP contribution in [0.3, 0.4) is 0 Å². The maximum atomic E-state index is 12.5. The number of piperazine rings is 1. The van der Waals surface area contributed by atoms with E-state index in [-0.39, 0.29) is 11.8 Å². The van der Waals surface area contributed by atoms with Gasteiger partial charge in [0.05, 0.1) is 0 Å². The third kappa shape index (κ3) is 4.02. The summed E-state index contributed by atoms with van der Waals surface area (Å²) in [7, 11) is 2.14. The van der Waals surface area contributed by atoms with Crippen LogP contribution in [0.15, 0.2) is 48.5 Å². The molecular formula is C22H26N4O2. The first kappa shape index (κ1) is 18.5. The van der Waals surface area contributed by atoms with E-state index in [1.54, 1.807) is 17.0 Å². The second kappa shape index (κ2) is 8.02. The molecule has 0 spiro atoms. The second-order valence-corrected chi connectivity index (χ2v) is 7.49. The highest BCUT2D eigenvalue weighted by Gasteiger charge is 2.21. The second-order valence-electron chi connectivity index (χ2n) is 7.49. The zero-order valence-electron chi connectivity index (χ0n) is 16.2. The van der Waals surface area contributed by atoms with Crippen molar-refractivity contribution in [2.75, 3.05) is 54.9 Å². The van der Waals surface area contributed by atoms with Crippen LogP contribution in [0.5, 0.6) is 0 Å². The topological polar surface area (TPSA) is 55.9 Å². The summed E-state index contributed by atoms with van der Waals surface area (Å²) in [6.07, 6.45) is 1.50. The summed E-state index contributed by atoms with van der Waals surface area (Å²) in [6, 6.07) is 15.2. The van der Waals surface area contributed by atoms with Gasteiger partial charge < -0.3 is 20.0 Å². The van der Waals surface area contributed by atoms with E-state index in [0.29, 0.717) is 12.0 Å². The minimum atomic E-state index is -0.147. The molecular weight excluding hydrogens is 352 g/mol. The average molecular weight is 378 g/mol. The van der Waals surface area contributed by atoms with Crippen LogP contribution < -0.4 is 15.1 Å². The molecule has 146 valence electrons. The van der Waals surface area contributed by atoms with Crippen molar-refractivity contribution in [3.63, 3.8) is 0 Å². The number of anilines is 3. The largest absolute Gasteiger partial charge is 0.369 e. The van der Waals surface area contributed by atoms with Gasteiger partial charge in [-0.25, -0.2) is 0 Å². The molecule has 2 amide bonds. The molecule has 0 radical (unpaired) electrons. The molecule has 2 saturated heterocycles. The minimum Gasteiger partial charge on any atom is -0.369 e. The van der Waals surface area contributed by atoms with Crippen LogP contribution in [0.2, 0.25) is 0 Å². The number of carbonyl (C=O) groups is 2. The number of carbonyl (C=O) groups excluding carboxylic acids is 2. The van der Waals surface area contributed by atoms with Gasteiger partial charge in [-0.05, 0) is 62.0 Å². The molecule has 1 N–H and O–H groups in total. The number of hydrogen-bond acceptors (Lipinski definition) is 4. The van der Waals surface area contributed by atoms with Gasteiger partial charge in [-0.2, -0.15) is 0 Å². The van der Waals surface area contributed by atoms with Gasteiger partial charge in [-0.3, -0.25) is 9.59 Å². The van der Waals surface area contributed by atoms with Crippen LogP contribution in [-0.4, -0.2) is 56.5 Å². The highest BCUT2D eigenvalue weighted by atomic mass is 16.2. The Morgan fingerprint density at radius 3 is 2.11 bits per heavy atom. The van der Waals surface area contributed by atoms with Crippen LogP contribution in [0.25, 0.3) is 0 Å². The summed E-state index contributed by atoms with van der Waals surface area (Å²) >= 11 is 0. The minimum absolute atomic E-state index is 0.147. The number of amides is 2. The predicted molar refractivity (Wildman–Crippen MR) is 112 cm³/mol. The van der Waals surface area contributed by atoms with Crippen molar-refractivity contribution in [2.24, 2.45) is 0 Å². The van der Waals surface area contributed by atoms with Gasteiger partial charge in [-0.1, -0.05) is 0 Å². The highest BCUT2D eigenvalue weighted by Crippen LogP contribution is 2.23. The van der Waals surface area contributed by atoms with Gasteiger partial charge >= 0.3 is 0 Å². The molecule has 0 aliphatic carbocycles. The average Bonchev–Trinajstić information content (AvgIpc) is 3.15. The van der Waals surface area contributed by atoms with E-state index in [0.717, 1.165) is 50.5 Å². The van der Waals surface area contributed by atoms with E-state index in [4.69, 9.17) is 0 Å². The molecule has 0 saturated carbocycles. The van der Waals surface area contributed by atoms with E-state index < -0.39 is 0 Å². The molecule has 6 nitrogen and oxygen atoms in total. The number of hydrogen-bond donors (Lipinski definition) is 1. The summed E-state index contributed by atoms with van der Waals surface area (Å²) in [5, 5.41) is 2.95. The monoisotopic (exact) mass is 378 g/mol. The van der Waals surface area contributed by atoms with Crippen molar-refractivity contribution in [1.29, 1.82) is 0 Å². The Morgan fingerprint density at radius 2 is 1.50 bits per heavy atom. The SMILES string of the molecule is CN1CCN(c2ccc(NC(=O)c3ccc(N4CCCC4=O)cc3)cc2)CC1. The lowest BCUT2D eigenvalue weighted by Crippen LogP contribution is -2.44. The highest BCUT2D eigenvalue weighted by molar-refractivity contribution is 6.05. The number of nitrogens with zero attached hydrogens (tertiary/aromatic N) is 3. The third-order valence-electron chi connectivity index (χ3n) is 5.51. The predicted octanol–water partition coefficient (Wildman–Crippen LogP) is 2.82.